The topological polar surface area (TPSA) is 172 Å². The average Bonchev–Trinajstić information content (AvgIpc) is 3.12. The van der Waals surface area contributed by atoms with Crippen LogP contribution in [0.4, 0.5) is 17.6 Å². The molecule has 0 aliphatic rings. The summed E-state index contributed by atoms with van der Waals surface area (Å²) in [7, 11) is -3.77. The Morgan fingerprint density at radius 2 is 1.96 bits per heavy atom. The van der Waals surface area contributed by atoms with E-state index in [-0.39, 0.29) is 16.8 Å². The zero-order valence-electron chi connectivity index (χ0n) is 12.7. The Morgan fingerprint density at radius 3 is 2.52 bits per heavy atom. The second kappa shape index (κ2) is 6.19. The summed E-state index contributed by atoms with van der Waals surface area (Å²) in [5.41, 5.74) is 6.69. The third-order valence-electron chi connectivity index (χ3n) is 3.11. The standard InChI is InChI=1S/C12H12N8O3S2/c1-6-9(24-19-17-6)10(21)20-11(13)16-12(18-20)15-7-2-4-8(5-3-7)25(14,22)23/h2-5H,1H3,(H2,14,22,23)(H3,13,15,16,18). The number of aromatic nitrogens is 5. The molecule has 25 heavy (non-hydrogen) atoms. The average molecular weight is 380 g/mol. The van der Waals surface area contributed by atoms with Crippen molar-refractivity contribution in [3.05, 3.63) is 34.8 Å². The number of hydrogen-bond donors (Lipinski definition) is 3. The maximum absolute atomic E-state index is 12.4. The lowest BCUT2D eigenvalue weighted by molar-refractivity contribution is 0.0951. The molecular formula is C12H12N8O3S2. The lowest BCUT2D eigenvalue weighted by atomic mass is 10.3. The van der Waals surface area contributed by atoms with Gasteiger partial charge in [0.2, 0.25) is 21.9 Å². The molecule has 0 spiro atoms. The quantitative estimate of drug-likeness (QED) is 0.567. The van der Waals surface area contributed by atoms with Crippen LogP contribution in [-0.2, 0) is 10.0 Å². The normalized spacial score (nSPS) is 11.4. The smallest absolute Gasteiger partial charge is 0.295 e. The van der Waals surface area contributed by atoms with Gasteiger partial charge in [0.05, 0.1) is 10.6 Å². The van der Waals surface area contributed by atoms with Crippen LogP contribution < -0.4 is 16.2 Å². The molecule has 11 nitrogen and oxygen atoms in total. The highest BCUT2D eigenvalue weighted by molar-refractivity contribution is 7.89. The molecule has 0 amide bonds. The fourth-order valence-electron chi connectivity index (χ4n) is 1.91. The molecule has 0 atom stereocenters. The van der Waals surface area contributed by atoms with E-state index >= 15 is 0 Å². The van der Waals surface area contributed by atoms with Crippen molar-refractivity contribution in [3.63, 3.8) is 0 Å². The number of aryl methyl sites for hydroxylation is 1. The Labute approximate surface area is 145 Å². The van der Waals surface area contributed by atoms with E-state index in [2.05, 4.69) is 25.0 Å². The second-order valence-corrected chi connectivity index (χ2v) is 7.21. The van der Waals surface area contributed by atoms with Crippen molar-refractivity contribution in [3.8, 4) is 0 Å². The number of primary sulfonamides is 1. The van der Waals surface area contributed by atoms with Crippen LogP contribution in [0.2, 0.25) is 0 Å². The first-order valence-corrected chi connectivity index (χ1v) is 9.04. The number of nitrogen functional groups attached to an aromatic ring is 1. The van der Waals surface area contributed by atoms with E-state index in [0.29, 0.717) is 16.3 Å². The largest absolute Gasteiger partial charge is 0.368 e. The number of hydrogen-bond acceptors (Lipinski definition) is 10. The lowest BCUT2D eigenvalue weighted by Crippen LogP contribution is -2.16. The molecule has 5 N–H and O–H groups in total. The summed E-state index contributed by atoms with van der Waals surface area (Å²) in [5, 5.41) is 15.6. The Hall–Kier alpha value is -2.90. The van der Waals surface area contributed by atoms with Crippen molar-refractivity contribution in [1.82, 2.24) is 24.4 Å². The minimum atomic E-state index is -3.77. The van der Waals surface area contributed by atoms with E-state index in [9.17, 15) is 13.2 Å². The van der Waals surface area contributed by atoms with Gasteiger partial charge in [0.15, 0.2) is 0 Å². The zero-order valence-corrected chi connectivity index (χ0v) is 14.4. The van der Waals surface area contributed by atoms with Gasteiger partial charge in [-0.15, -0.1) is 10.2 Å². The Bertz CT molecular complexity index is 1040. The summed E-state index contributed by atoms with van der Waals surface area (Å²) in [5.74, 6) is -0.527. The van der Waals surface area contributed by atoms with Gasteiger partial charge in [-0.25, -0.2) is 13.6 Å². The molecule has 0 radical (unpaired) electrons. The summed E-state index contributed by atoms with van der Waals surface area (Å²) in [6.45, 7) is 1.65. The second-order valence-electron chi connectivity index (χ2n) is 4.89. The molecule has 3 rings (SSSR count). The number of anilines is 3. The number of carbonyl (C=O) groups excluding carboxylic acids is 1. The number of rotatable bonds is 4. The van der Waals surface area contributed by atoms with Crippen LogP contribution in [0.25, 0.3) is 0 Å². The molecule has 0 aliphatic carbocycles. The number of carbonyl (C=O) groups is 1. The Morgan fingerprint density at radius 1 is 1.28 bits per heavy atom. The van der Waals surface area contributed by atoms with Gasteiger partial charge in [0.25, 0.3) is 5.91 Å². The summed E-state index contributed by atoms with van der Waals surface area (Å²) in [4.78, 5) is 16.6. The first-order valence-electron chi connectivity index (χ1n) is 6.72. The molecule has 3 aromatic rings. The van der Waals surface area contributed by atoms with Gasteiger partial charge in [0.1, 0.15) is 4.88 Å². The Balaban J connectivity index is 1.83. The van der Waals surface area contributed by atoms with Crippen molar-refractivity contribution in [2.45, 2.75) is 11.8 Å². The minimum absolute atomic E-state index is 0.0283. The highest BCUT2D eigenvalue weighted by Crippen LogP contribution is 2.18. The number of nitrogens with one attached hydrogen (secondary N) is 1. The van der Waals surface area contributed by atoms with Gasteiger partial charge in [-0.1, -0.05) is 4.49 Å². The highest BCUT2D eigenvalue weighted by Gasteiger charge is 2.20. The summed E-state index contributed by atoms with van der Waals surface area (Å²) in [6, 6.07) is 5.62. The maximum atomic E-state index is 12.4. The molecule has 0 saturated carbocycles. The predicted octanol–water partition coefficient (Wildman–Crippen LogP) is 0.0997. The van der Waals surface area contributed by atoms with Crippen molar-refractivity contribution in [2.24, 2.45) is 5.14 Å². The third kappa shape index (κ3) is 3.47. The van der Waals surface area contributed by atoms with Crippen LogP contribution in [0.5, 0.6) is 0 Å². The summed E-state index contributed by atoms with van der Waals surface area (Å²) >= 11 is 0.934. The maximum Gasteiger partial charge on any atom is 0.295 e. The van der Waals surface area contributed by atoms with Crippen LogP contribution in [-0.4, -0.2) is 38.7 Å². The van der Waals surface area contributed by atoms with Crippen LogP contribution in [0.3, 0.4) is 0 Å². The molecule has 2 heterocycles. The third-order valence-corrected chi connectivity index (χ3v) is 4.85. The SMILES string of the molecule is Cc1nnsc1C(=O)n1nc(Nc2ccc(S(N)(=O)=O)cc2)nc1N. The monoisotopic (exact) mass is 380 g/mol. The molecule has 0 aliphatic heterocycles. The van der Waals surface area contributed by atoms with Crippen molar-refractivity contribution in [2.75, 3.05) is 11.1 Å². The van der Waals surface area contributed by atoms with Crippen LogP contribution >= 0.6 is 11.5 Å². The number of nitrogens with two attached hydrogens (primary N) is 2. The van der Waals surface area contributed by atoms with Crippen molar-refractivity contribution in [1.29, 1.82) is 0 Å². The first kappa shape index (κ1) is 16.9. The van der Waals surface area contributed by atoms with Gasteiger partial charge < -0.3 is 11.1 Å². The van der Waals surface area contributed by atoms with E-state index in [1.165, 1.54) is 24.3 Å². The van der Waals surface area contributed by atoms with Gasteiger partial charge in [-0.05, 0) is 42.7 Å². The van der Waals surface area contributed by atoms with Gasteiger partial charge in [-0.2, -0.15) is 9.67 Å². The van der Waals surface area contributed by atoms with Gasteiger partial charge in [-0.3, -0.25) is 4.79 Å². The molecular weight excluding hydrogens is 368 g/mol. The molecule has 2 aromatic heterocycles. The van der Waals surface area contributed by atoms with Crippen molar-refractivity contribution < 1.29 is 13.2 Å². The lowest BCUT2D eigenvalue weighted by Gasteiger charge is -2.03. The molecule has 0 bridgehead atoms. The molecule has 1 aromatic carbocycles. The molecule has 0 fully saturated rings. The minimum Gasteiger partial charge on any atom is -0.368 e. The van der Waals surface area contributed by atoms with E-state index in [1.54, 1.807) is 6.92 Å². The number of nitrogens with zero attached hydrogens (tertiary/aromatic N) is 5. The first-order chi connectivity index (χ1) is 11.8. The van der Waals surface area contributed by atoms with E-state index < -0.39 is 15.9 Å². The van der Waals surface area contributed by atoms with Crippen molar-refractivity contribution >= 4 is 45.0 Å². The van der Waals surface area contributed by atoms with Crippen LogP contribution in [0, 0.1) is 6.92 Å². The fraction of sp³-hybridized carbons (Fsp3) is 0.0833. The summed E-state index contributed by atoms with van der Waals surface area (Å²) < 4.78 is 27.1. The molecule has 13 heteroatoms. The molecule has 0 unspecified atom stereocenters. The highest BCUT2D eigenvalue weighted by atomic mass is 32.2. The van der Waals surface area contributed by atoms with Crippen LogP contribution in [0.15, 0.2) is 29.2 Å². The van der Waals surface area contributed by atoms with Crippen LogP contribution in [0.1, 0.15) is 15.4 Å². The van der Waals surface area contributed by atoms with E-state index in [4.69, 9.17) is 10.9 Å². The zero-order chi connectivity index (χ0) is 18.2. The number of benzene rings is 1. The number of sulfonamides is 1. The molecule has 130 valence electrons. The fourth-order valence-corrected chi connectivity index (χ4v) is 3.01. The van der Waals surface area contributed by atoms with Gasteiger partial charge >= 0.3 is 0 Å². The summed E-state index contributed by atoms with van der Waals surface area (Å²) in [6.07, 6.45) is 0. The van der Waals surface area contributed by atoms with Gasteiger partial charge in [0, 0.05) is 5.69 Å². The van der Waals surface area contributed by atoms with E-state index in [1.807, 2.05) is 0 Å². The Kier molecular flexibility index (Phi) is 4.20. The van der Waals surface area contributed by atoms with E-state index in [0.717, 1.165) is 16.2 Å². The predicted molar refractivity (Wildman–Crippen MR) is 89.9 cm³/mol. The molecule has 0 saturated heterocycles.